The summed E-state index contributed by atoms with van der Waals surface area (Å²) in [5.74, 6) is 0.328. The molecule has 0 unspecified atom stereocenters. The summed E-state index contributed by atoms with van der Waals surface area (Å²) < 4.78 is 28.0. The van der Waals surface area contributed by atoms with Gasteiger partial charge in [0.2, 0.25) is 15.9 Å². The van der Waals surface area contributed by atoms with E-state index in [0.717, 1.165) is 71.1 Å². The van der Waals surface area contributed by atoms with Crippen LogP contribution >= 0.6 is 0 Å². The molecule has 3 fully saturated rings. The van der Waals surface area contributed by atoms with Crippen molar-refractivity contribution in [1.82, 2.24) is 14.1 Å². The maximum Gasteiger partial charge on any atom is 0.225 e. The molecule has 0 radical (unpaired) electrons. The number of rotatable bonds is 5. The number of nitrogens with zero attached hydrogens (tertiary/aromatic N) is 3. The lowest BCUT2D eigenvalue weighted by Crippen LogP contribution is -2.53. The molecule has 3 rings (SSSR count). The number of hydrogen-bond acceptors (Lipinski definition) is 4. The van der Waals surface area contributed by atoms with E-state index < -0.39 is 15.3 Å². The van der Waals surface area contributed by atoms with Gasteiger partial charge in [-0.15, -0.1) is 0 Å². The zero-order valence-corrected chi connectivity index (χ0v) is 17.2. The molecule has 0 bridgehead atoms. The second-order valence-corrected chi connectivity index (χ2v) is 10.5. The fourth-order valence-corrected chi connectivity index (χ4v) is 6.78. The maximum atomic E-state index is 13.2. The molecule has 1 atom stereocenters. The van der Waals surface area contributed by atoms with Gasteiger partial charge in [0.1, 0.15) is 0 Å². The quantitative estimate of drug-likeness (QED) is 0.725. The smallest absolute Gasteiger partial charge is 0.225 e. The van der Waals surface area contributed by atoms with Crippen LogP contribution in [0.2, 0.25) is 0 Å². The Kier molecular flexibility index (Phi) is 6.62. The zero-order chi connectivity index (χ0) is 18.7. The highest BCUT2D eigenvalue weighted by molar-refractivity contribution is 7.89. The van der Waals surface area contributed by atoms with E-state index in [1.165, 1.54) is 0 Å². The molecule has 3 aliphatic rings. The van der Waals surface area contributed by atoms with Gasteiger partial charge in [0.05, 0.1) is 5.25 Å². The monoisotopic (exact) mass is 385 g/mol. The van der Waals surface area contributed by atoms with E-state index in [0.29, 0.717) is 13.0 Å². The Morgan fingerprint density at radius 2 is 1.65 bits per heavy atom. The van der Waals surface area contributed by atoms with E-state index in [-0.39, 0.29) is 17.9 Å². The second kappa shape index (κ2) is 8.57. The van der Waals surface area contributed by atoms with Crippen molar-refractivity contribution in [1.29, 1.82) is 0 Å². The van der Waals surface area contributed by atoms with Gasteiger partial charge in [0, 0.05) is 32.1 Å². The van der Waals surface area contributed by atoms with E-state index in [1.54, 1.807) is 11.4 Å². The molecule has 150 valence electrons. The highest BCUT2D eigenvalue weighted by Gasteiger charge is 2.39. The first-order chi connectivity index (χ1) is 12.4. The fraction of sp³-hybridized carbons (Fsp3) is 0.947. The number of carbonyl (C=O) groups excluding carboxylic acids is 1. The van der Waals surface area contributed by atoms with Crippen molar-refractivity contribution in [3.63, 3.8) is 0 Å². The Morgan fingerprint density at radius 1 is 1.00 bits per heavy atom. The van der Waals surface area contributed by atoms with Crippen LogP contribution in [-0.2, 0) is 14.8 Å². The normalized spacial score (nSPS) is 27.3. The van der Waals surface area contributed by atoms with Crippen LogP contribution in [0, 0.1) is 5.92 Å². The summed E-state index contributed by atoms with van der Waals surface area (Å²) in [6.45, 7) is 6.23. The van der Waals surface area contributed by atoms with Gasteiger partial charge >= 0.3 is 0 Å². The Morgan fingerprint density at radius 3 is 2.27 bits per heavy atom. The number of hydrogen-bond donors (Lipinski definition) is 0. The lowest BCUT2D eigenvalue weighted by molar-refractivity contribution is -0.136. The van der Waals surface area contributed by atoms with Gasteiger partial charge in [-0.2, -0.15) is 0 Å². The molecule has 7 heteroatoms. The van der Waals surface area contributed by atoms with Gasteiger partial charge in [-0.05, 0) is 58.2 Å². The summed E-state index contributed by atoms with van der Waals surface area (Å²) in [7, 11) is -1.61. The number of amides is 1. The van der Waals surface area contributed by atoms with E-state index >= 15 is 0 Å². The van der Waals surface area contributed by atoms with Gasteiger partial charge in [-0.1, -0.05) is 19.8 Å². The first-order valence-electron chi connectivity index (χ1n) is 10.4. The van der Waals surface area contributed by atoms with Crippen LogP contribution in [0.15, 0.2) is 0 Å². The fourth-order valence-electron chi connectivity index (χ4n) is 4.85. The Labute approximate surface area is 158 Å². The van der Waals surface area contributed by atoms with Gasteiger partial charge in [-0.3, -0.25) is 4.79 Å². The number of carbonyl (C=O) groups is 1. The largest absolute Gasteiger partial charge is 0.341 e. The molecule has 2 aliphatic heterocycles. The van der Waals surface area contributed by atoms with Crippen molar-refractivity contribution in [3.05, 3.63) is 0 Å². The van der Waals surface area contributed by atoms with Gasteiger partial charge in [0.15, 0.2) is 0 Å². The summed E-state index contributed by atoms with van der Waals surface area (Å²) >= 11 is 0. The molecule has 26 heavy (non-hydrogen) atoms. The van der Waals surface area contributed by atoms with Crippen molar-refractivity contribution in [2.75, 3.05) is 39.8 Å². The lowest BCUT2D eigenvalue weighted by Gasteiger charge is -2.39. The van der Waals surface area contributed by atoms with Gasteiger partial charge in [0.25, 0.3) is 0 Å². The van der Waals surface area contributed by atoms with Crippen LogP contribution in [0.1, 0.15) is 58.3 Å². The predicted molar refractivity (Wildman–Crippen MR) is 103 cm³/mol. The molecule has 0 N–H and O–H groups in total. The molecule has 6 nitrogen and oxygen atoms in total. The SMILES string of the molecule is CCN1CCC(N(C)S(=O)(=O)[C@H]2CCCN(C(=O)C3CCCC3)C2)CC1. The summed E-state index contributed by atoms with van der Waals surface area (Å²) in [4.78, 5) is 16.9. The zero-order valence-electron chi connectivity index (χ0n) is 16.4. The highest BCUT2D eigenvalue weighted by atomic mass is 32.2. The summed E-state index contributed by atoms with van der Waals surface area (Å²) in [5, 5.41) is -0.434. The minimum atomic E-state index is -3.35. The van der Waals surface area contributed by atoms with E-state index in [9.17, 15) is 13.2 Å². The number of sulfonamides is 1. The first-order valence-corrected chi connectivity index (χ1v) is 11.9. The van der Waals surface area contributed by atoms with Crippen LogP contribution in [0.4, 0.5) is 0 Å². The molecule has 1 aliphatic carbocycles. The average Bonchev–Trinajstić information content (AvgIpc) is 3.21. The summed E-state index contributed by atoms with van der Waals surface area (Å²) in [6.07, 6.45) is 7.49. The molecule has 1 saturated carbocycles. The third-order valence-corrected chi connectivity index (χ3v) is 9.06. The van der Waals surface area contributed by atoms with Crippen molar-refractivity contribution < 1.29 is 13.2 Å². The molecule has 0 aromatic heterocycles. The third-order valence-electron chi connectivity index (χ3n) is 6.74. The molecule has 1 amide bonds. The topological polar surface area (TPSA) is 60.9 Å². The van der Waals surface area contributed by atoms with Crippen molar-refractivity contribution in [3.8, 4) is 0 Å². The lowest BCUT2D eigenvalue weighted by atomic mass is 10.0. The van der Waals surface area contributed by atoms with Crippen molar-refractivity contribution in [2.45, 2.75) is 69.6 Å². The maximum absolute atomic E-state index is 13.2. The highest BCUT2D eigenvalue weighted by Crippen LogP contribution is 2.30. The van der Waals surface area contributed by atoms with Crippen LogP contribution in [0.3, 0.4) is 0 Å². The van der Waals surface area contributed by atoms with E-state index in [2.05, 4.69) is 11.8 Å². The third kappa shape index (κ3) is 4.25. The van der Waals surface area contributed by atoms with E-state index in [4.69, 9.17) is 0 Å². The van der Waals surface area contributed by atoms with Crippen LogP contribution < -0.4 is 0 Å². The summed E-state index contributed by atoms with van der Waals surface area (Å²) in [5.41, 5.74) is 0. The first kappa shape index (κ1) is 20.1. The predicted octanol–water partition coefficient (Wildman–Crippen LogP) is 1.91. The van der Waals surface area contributed by atoms with Crippen molar-refractivity contribution >= 4 is 15.9 Å². The van der Waals surface area contributed by atoms with Gasteiger partial charge in [-0.25, -0.2) is 12.7 Å². The molecule has 0 spiro atoms. The average molecular weight is 386 g/mol. The van der Waals surface area contributed by atoms with Crippen LogP contribution in [0.25, 0.3) is 0 Å². The Hall–Kier alpha value is -0.660. The number of likely N-dealkylation sites (tertiary alicyclic amines) is 2. The summed E-state index contributed by atoms with van der Waals surface area (Å²) in [6, 6.07) is 0.101. The van der Waals surface area contributed by atoms with Gasteiger partial charge < -0.3 is 9.80 Å². The molecule has 0 aromatic carbocycles. The second-order valence-electron chi connectivity index (χ2n) is 8.26. The Bertz CT molecular complexity index is 581. The van der Waals surface area contributed by atoms with Crippen LogP contribution in [-0.4, -0.2) is 79.5 Å². The number of piperidine rings is 2. The standard InChI is InChI=1S/C19H35N3O3S/c1-3-21-13-10-17(11-14-21)20(2)26(24,25)18-9-6-12-22(15-18)19(23)16-7-4-5-8-16/h16-18H,3-15H2,1-2H3/t18-/m0/s1. The Balaban J connectivity index is 1.61. The van der Waals surface area contributed by atoms with E-state index in [1.807, 2.05) is 4.90 Å². The minimum Gasteiger partial charge on any atom is -0.341 e. The van der Waals surface area contributed by atoms with Crippen LogP contribution in [0.5, 0.6) is 0 Å². The molecule has 0 aromatic rings. The minimum absolute atomic E-state index is 0.101. The molecule has 2 saturated heterocycles. The molecular formula is C19H35N3O3S. The molecular weight excluding hydrogens is 350 g/mol. The van der Waals surface area contributed by atoms with Crippen molar-refractivity contribution in [2.24, 2.45) is 5.92 Å². The molecule has 2 heterocycles.